The third kappa shape index (κ3) is 3.59. The normalized spacial score (nSPS) is 35.2. The van der Waals surface area contributed by atoms with Gasteiger partial charge in [-0.3, -0.25) is 9.59 Å². The Morgan fingerprint density at radius 2 is 1.73 bits per heavy atom. The number of Topliss-reactive ketones (excluding diaryl/α,β-unsaturated/α-hetero) is 1. The number of hydrogen-bond acceptors (Lipinski definition) is 6. The number of rotatable bonds is 5. The van der Waals surface area contributed by atoms with Crippen LogP contribution in [0.4, 0.5) is 0 Å². The second kappa shape index (κ2) is 7.14. The minimum absolute atomic E-state index is 0.0251. The van der Waals surface area contributed by atoms with Crippen molar-refractivity contribution in [2.24, 2.45) is 17.8 Å². The molecule has 1 saturated heterocycles. The second-order valence-electron chi connectivity index (χ2n) is 11.3. The highest BCUT2D eigenvalue weighted by atomic mass is 16.4. The van der Waals surface area contributed by atoms with Gasteiger partial charge in [0.05, 0.1) is 6.54 Å². The molecule has 7 heteroatoms. The van der Waals surface area contributed by atoms with Gasteiger partial charge in [-0.1, -0.05) is 20.8 Å². The van der Waals surface area contributed by atoms with Gasteiger partial charge < -0.3 is 14.6 Å². The van der Waals surface area contributed by atoms with Gasteiger partial charge in [0.15, 0.2) is 0 Å². The summed E-state index contributed by atoms with van der Waals surface area (Å²) in [5.41, 5.74) is -0.157. The smallest absolute Gasteiger partial charge is 0.286 e. The van der Waals surface area contributed by atoms with Gasteiger partial charge in [-0.2, -0.15) is 0 Å². The number of likely N-dealkylation sites (tertiary alicyclic amines) is 1. The minimum Gasteiger partial charge on any atom is -0.418 e. The lowest BCUT2D eigenvalue weighted by Gasteiger charge is -2.57. The van der Waals surface area contributed by atoms with Gasteiger partial charge in [0.1, 0.15) is 6.04 Å². The number of carbonyl (C=O) groups is 2. The SMILES string of the molecule is CC(C)(C)c1nnc(C(=O)C2CCCN2C(=O)CNC23CC4CC(CC(C4)C2)C3)o1. The topological polar surface area (TPSA) is 88.3 Å². The van der Waals surface area contributed by atoms with Crippen molar-refractivity contribution in [1.82, 2.24) is 20.4 Å². The van der Waals surface area contributed by atoms with Crippen LogP contribution in [0.15, 0.2) is 4.42 Å². The summed E-state index contributed by atoms with van der Waals surface area (Å²) in [6.07, 6.45) is 9.30. The first kappa shape index (κ1) is 20.2. The number of amides is 1. The Hall–Kier alpha value is -1.76. The zero-order valence-corrected chi connectivity index (χ0v) is 18.4. The molecule has 1 aliphatic heterocycles. The van der Waals surface area contributed by atoms with E-state index in [9.17, 15) is 9.59 Å². The molecule has 4 saturated carbocycles. The highest BCUT2D eigenvalue weighted by Gasteiger charge is 2.51. The van der Waals surface area contributed by atoms with Gasteiger partial charge in [-0.25, -0.2) is 0 Å². The van der Waals surface area contributed by atoms with Crippen LogP contribution < -0.4 is 5.32 Å². The Morgan fingerprint density at radius 1 is 1.10 bits per heavy atom. The van der Waals surface area contributed by atoms with Crippen LogP contribution in [0.2, 0.25) is 0 Å². The van der Waals surface area contributed by atoms with Gasteiger partial charge in [0.2, 0.25) is 17.6 Å². The van der Waals surface area contributed by atoms with Crippen molar-refractivity contribution >= 4 is 11.7 Å². The van der Waals surface area contributed by atoms with Crippen molar-refractivity contribution in [2.75, 3.05) is 13.1 Å². The monoisotopic (exact) mass is 414 g/mol. The van der Waals surface area contributed by atoms with Crippen molar-refractivity contribution in [1.29, 1.82) is 0 Å². The lowest BCUT2D eigenvalue weighted by atomic mass is 9.53. The summed E-state index contributed by atoms with van der Waals surface area (Å²) in [5.74, 6) is 2.80. The summed E-state index contributed by atoms with van der Waals surface area (Å²) < 4.78 is 5.65. The first-order valence-electron chi connectivity index (χ1n) is 11.7. The largest absolute Gasteiger partial charge is 0.418 e. The summed E-state index contributed by atoms with van der Waals surface area (Å²) in [6.45, 7) is 6.86. The van der Waals surface area contributed by atoms with E-state index in [4.69, 9.17) is 4.42 Å². The molecule has 164 valence electrons. The van der Waals surface area contributed by atoms with E-state index in [2.05, 4.69) is 15.5 Å². The minimum atomic E-state index is -0.482. The average Bonchev–Trinajstić information content (AvgIpc) is 3.34. The average molecular weight is 415 g/mol. The summed E-state index contributed by atoms with van der Waals surface area (Å²) in [7, 11) is 0. The molecule has 7 nitrogen and oxygen atoms in total. The van der Waals surface area contributed by atoms with Gasteiger partial charge in [-0.05, 0) is 69.1 Å². The fourth-order valence-electron chi connectivity index (χ4n) is 6.80. The summed E-state index contributed by atoms with van der Waals surface area (Å²) in [4.78, 5) is 27.8. The number of nitrogens with zero attached hydrogens (tertiary/aromatic N) is 3. The Morgan fingerprint density at radius 3 is 2.30 bits per heavy atom. The Balaban J connectivity index is 1.23. The first-order valence-corrected chi connectivity index (χ1v) is 11.7. The van der Waals surface area contributed by atoms with Crippen molar-refractivity contribution in [3.05, 3.63) is 11.8 Å². The molecule has 5 fully saturated rings. The molecule has 1 aromatic heterocycles. The first-order chi connectivity index (χ1) is 14.2. The maximum Gasteiger partial charge on any atom is 0.286 e. The molecule has 4 aliphatic carbocycles. The van der Waals surface area contributed by atoms with E-state index in [0.29, 0.717) is 25.4 Å². The molecule has 0 spiro atoms. The highest BCUT2D eigenvalue weighted by molar-refractivity contribution is 5.98. The summed E-state index contributed by atoms with van der Waals surface area (Å²) in [5, 5.41) is 11.7. The summed E-state index contributed by atoms with van der Waals surface area (Å²) >= 11 is 0. The van der Waals surface area contributed by atoms with Crippen molar-refractivity contribution < 1.29 is 14.0 Å². The van der Waals surface area contributed by atoms with E-state index < -0.39 is 6.04 Å². The van der Waals surface area contributed by atoms with Gasteiger partial charge in [0, 0.05) is 17.5 Å². The number of carbonyl (C=O) groups excluding carboxylic acids is 2. The van der Waals surface area contributed by atoms with Crippen LogP contribution in [0.25, 0.3) is 0 Å². The van der Waals surface area contributed by atoms with Crippen LogP contribution in [-0.4, -0.2) is 51.5 Å². The van der Waals surface area contributed by atoms with Gasteiger partial charge in [-0.15, -0.1) is 10.2 Å². The van der Waals surface area contributed by atoms with Crippen molar-refractivity contribution in [3.63, 3.8) is 0 Å². The number of nitrogens with one attached hydrogen (secondary N) is 1. The standard InChI is InChI=1S/C23H34N4O3/c1-22(2,3)21-26-25-20(30-21)19(29)17-5-4-6-27(17)18(28)13-24-23-10-14-7-15(11-23)9-16(8-14)12-23/h14-17,24H,4-13H2,1-3H3. The van der Waals surface area contributed by atoms with Crippen LogP contribution in [0, 0.1) is 17.8 Å². The molecule has 30 heavy (non-hydrogen) atoms. The molecule has 2 heterocycles. The number of hydrogen-bond donors (Lipinski definition) is 1. The van der Waals surface area contributed by atoms with Crippen LogP contribution in [-0.2, 0) is 10.2 Å². The Bertz CT molecular complexity index is 804. The third-order valence-electron chi connectivity index (χ3n) is 7.81. The third-order valence-corrected chi connectivity index (χ3v) is 7.81. The van der Waals surface area contributed by atoms with E-state index in [1.165, 1.54) is 38.5 Å². The zero-order chi connectivity index (χ0) is 21.1. The molecule has 0 radical (unpaired) electrons. The molecule has 1 atom stereocenters. The molecular formula is C23H34N4O3. The molecule has 6 rings (SSSR count). The maximum atomic E-state index is 13.1. The Kier molecular flexibility index (Phi) is 4.80. The van der Waals surface area contributed by atoms with Crippen molar-refractivity contribution in [3.8, 4) is 0 Å². The predicted molar refractivity (Wildman–Crippen MR) is 111 cm³/mol. The van der Waals surface area contributed by atoms with Gasteiger partial charge >= 0.3 is 0 Å². The molecular weight excluding hydrogens is 380 g/mol. The van der Waals surface area contributed by atoms with E-state index in [0.717, 1.165) is 24.2 Å². The van der Waals surface area contributed by atoms with Crippen LogP contribution in [0.5, 0.6) is 0 Å². The lowest BCUT2D eigenvalue weighted by molar-refractivity contribution is -0.131. The number of ketones is 1. The van der Waals surface area contributed by atoms with E-state index >= 15 is 0 Å². The molecule has 5 aliphatic rings. The van der Waals surface area contributed by atoms with E-state index in [1.54, 1.807) is 4.90 Å². The van der Waals surface area contributed by atoms with E-state index in [-0.39, 0.29) is 28.5 Å². The van der Waals surface area contributed by atoms with E-state index in [1.807, 2.05) is 20.8 Å². The van der Waals surface area contributed by atoms with Crippen LogP contribution in [0.3, 0.4) is 0 Å². The quantitative estimate of drug-likeness (QED) is 0.745. The van der Waals surface area contributed by atoms with Crippen LogP contribution in [0.1, 0.15) is 88.7 Å². The summed E-state index contributed by atoms with van der Waals surface area (Å²) in [6, 6.07) is -0.482. The molecule has 0 aromatic carbocycles. The molecule has 1 unspecified atom stereocenters. The lowest BCUT2D eigenvalue weighted by Crippen LogP contribution is -2.60. The van der Waals surface area contributed by atoms with Gasteiger partial charge in [0.25, 0.3) is 5.89 Å². The second-order valence-corrected chi connectivity index (χ2v) is 11.3. The molecule has 1 amide bonds. The molecule has 1 N–H and O–H groups in total. The molecule has 4 bridgehead atoms. The fraction of sp³-hybridized carbons (Fsp3) is 0.826. The van der Waals surface area contributed by atoms with Crippen LogP contribution >= 0.6 is 0 Å². The highest BCUT2D eigenvalue weighted by Crippen LogP contribution is 2.55. The maximum absolute atomic E-state index is 13.1. The fourth-order valence-corrected chi connectivity index (χ4v) is 6.80. The van der Waals surface area contributed by atoms with Crippen molar-refractivity contribution in [2.45, 2.75) is 89.1 Å². The Labute approximate surface area is 178 Å². The number of aromatic nitrogens is 2. The predicted octanol–water partition coefficient (Wildman–Crippen LogP) is 3.10. The zero-order valence-electron chi connectivity index (χ0n) is 18.4. The molecule has 1 aromatic rings.